The molecule has 1 saturated carbocycles. The van der Waals surface area contributed by atoms with Crippen molar-refractivity contribution in [1.29, 1.82) is 5.26 Å². The molecule has 2 fully saturated rings. The highest BCUT2D eigenvalue weighted by Crippen LogP contribution is 2.33. The Bertz CT molecular complexity index is 762. The van der Waals surface area contributed by atoms with Gasteiger partial charge >= 0.3 is 12.0 Å². The van der Waals surface area contributed by atoms with Gasteiger partial charge in [0.15, 0.2) is 0 Å². The Morgan fingerprint density at radius 2 is 1.96 bits per heavy atom. The number of amides is 3. The first kappa shape index (κ1) is 17.9. The molecule has 1 aromatic carbocycles. The monoisotopic (exact) mass is 355 g/mol. The molecule has 7 heteroatoms. The minimum Gasteiger partial charge on any atom is -0.461 e. The van der Waals surface area contributed by atoms with Crippen molar-refractivity contribution in [2.45, 2.75) is 50.7 Å². The Hall–Kier alpha value is -2.88. The third-order valence-electron chi connectivity index (χ3n) is 5.02. The molecule has 0 unspecified atom stereocenters. The molecule has 1 spiro atoms. The highest BCUT2D eigenvalue weighted by atomic mass is 16.5. The van der Waals surface area contributed by atoms with Crippen LogP contribution in [0.2, 0.25) is 0 Å². The number of urea groups is 1. The molecule has 2 aliphatic rings. The lowest BCUT2D eigenvalue weighted by Gasteiger charge is -2.30. The van der Waals surface area contributed by atoms with Crippen LogP contribution in [0.15, 0.2) is 24.3 Å². The zero-order chi connectivity index (χ0) is 18.6. The number of hydrogen-bond acceptors (Lipinski definition) is 5. The van der Waals surface area contributed by atoms with E-state index in [4.69, 9.17) is 10.00 Å². The molecule has 0 bridgehead atoms. The average molecular weight is 355 g/mol. The van der Waals surface area contributed by atoms with E-state index in [-0.39, 0.29) is 25.5 Å². The van der Waals surface area contributed by atoms with Gasteiger partial charge in [-0.1, -0.05) is 37.5 Å². The lowest BCUT2D eigenvalue weighted by atomic mass is 9.82. The van der Waals surface area contributed by atoms with Gasteiger partial charge in [0.1, 0.15) is 12.1 Å². The van der Waals surface area contributed by atoms with Crippen molar-refractivity contribution in [3.8, 4) is 6.07 Å². The number of esters is 1. The summed E-state index contributed by atoms with van der Waals surface area (Å²) in [5, 5.41) is 11.8. The van der Waals surface area contributed by atoms with Crippen LogP contribution in [0.3, 0.4) is 0 Å². The molecule has 1 N–H and O–H groups in total. The van der Waals surface area contributed by atoms with Crippen LogP contribution in [-0.2, 0) is 20.9 Å². The van der Waals surface area contributed by atoms with Crippen LogP contribution in [0.25, 0.3) is 0 Å². The van der Waals surface area contributed by atoms with E-state index in [1.807, 2.05) is 6.07 Å². The molecule has 26 heavy (non-hydrogen) atoms. The van der Waals surface area contributed by atoms with Crippen LogP contribution in [0.1, 0.15) is 49.7 Å². The molecule has 3 rings (SSSR count). The second-order valence-electron chi connectivity index (χ2n) is 6.71. The van der Waals surface area contributed by atoms with Crippen LogP contribution in [0.4, 0.5) is 4.79 Å². The zero-order valence-electron chi connectivity index (χ0n) is 14.5. The number of nitrogens with one attached hydrogen (secondary N) is 1. The van der Waals surface area contributed by atoms with E-state index in [9.17, 15) is 14.4 Å². The normalized spacial score (nSPS) is 18.5. The van der Waals surface area contributed by atoms with Gasteiger partial charge in [-0.2, -0.15) is 5.26 Å². The maximum absolute atomic E-state index is 12.6. The fraction of sp³-hybridized carbons (Fsp3) is 0.474. The number of nitrogens with zero attached hydrogens (tertiary/aromatic N) is 2. The number of carbonyl (C=O) groups excluding carboxylic acids is 3. The number of hydrogen-bond donors (Lipinski definition) is 1. The minimum absolute atomic E-state index is 0.00511. The first-order valence-electron chi connectivity index (χ1n) is 8.83. The molecular formula is C19H21N3O4. The third kappa shape index (κ3) is 3.54. The van der Waals surface area contributed by atoms with Crippen molar-refractivity contribution in [2.24, 2.45) is 0 Å². The van der Waals surface area contributed by atoms with E-state index in [0.29, 0.717) is 24.0 Å². The average Bonchev–Trinajstić information content (AvgIpc) is 2.88. The van der Waals surface area contributed by atoms with Gasteiger partial charge in [-0.05, 0) is 18.9 Å². The van der Waals surface area contributed by atoms with Gasteiger partial charge in [-0.15, -0.1) is 0 Å². The molecule has 1 saturated heterocycles. The van der Waals surface area contributed by atoms with Gasteiger partial charge in [0, 0.05) is 12.1 Å². The molecule has 136 valence electrons. The topological polar surface area (TPSA) is 99.5 Å². The van der Waals surface area contributed by atoms with Crippen LogP contribution >= 0.6 is 0 Å². The van der Waals surface area contributed by atoms with Crippen molar-refractivity contribution in [3.63, 3.8) is 0 Å². The van der Waals surface area contributed by atoms with Crippen molar-refractivity contribution < 1.29 is 19.1 Å². The summed E-state index contributed by atoms with van der Waals surface area (Å²) in [7, 11) is 0. The fourth-order valence-electron chi connectivity index (χ4n) is 3.56. The number of rotatable bonds is 5. The molecule has 1 heterocycles. The Labute approximate surface area is 151 Å². The highest BCUT2D eigenvalue weighted by molar-refractivity contribution is 6.07. The van der Waals surface area contributed by atoms with Crippen LogP contribution in [-0.4, -0.2) is 34.9 Å². The Kier molecular flexibility index (Phi) is 5.21. The van der Waals surface area contributed by atoms with Crippen molar-refractivity contribution in [2.75, 3.05) is 6.54 Å². The Morgan fingerprint density at radius 1 is 1.23 bits per heavy atom. The predicted octanol–water partition coefficient (Wildman–Crippen LogP) is 2.25. The van der Waals surface area contributed by atoms with Crippen molar-refractivity contribution >= 4 is 17.9 Å². The van der Waals surface area contributed by atoms with Crippen molar-refractivity contribution in [1.82, 2.24) is 10.2 Å². The van der Waals surface area contributed by atoms with Gasteiger partial charge in [-0.3, -0.25) is 14.5 Å². The van der Waals surface area contributed by atoms with Gasteiger partial charge in [0.05, 0.1) is 18.1 Å². The van der Waals surface area contributed by atoms with E-state index in [0.717, 1.165) is 24.2 Å². The second kappa shape index (κ2) is 7.56. The number of carbonyl (C=O) groups is 3. The van der Waals surface area contributed by atoms with E-state index < -0.39 is 17.5 Å². The van der Waals surface area contributed by atoms with Gasteiger partial charge in [0.25, 0.3) is 5.91 Å². The van der Waals surface area contributed by atoms with Gasteiger partial charge in [-0.25, -0.2) is 4.79 Å². The van der Waals surface area contributed by atoms with E-state index >= 15 is 0 Å². The standard InChI is InChI=1S/C19H21N3O4/c20-12-14-6-2-3-7-15(14)13-26-16(23)8-11-22-17(24)19(21-18(22)25)9-4-1-5-10-19/h2-3,6-7H,1,4-5,8-11,13H2,(H,21,25). The van der Waals surface area contributed by atoms with Crippen LogP contribution in [0.5, 0.6) is 0 Å². The predicted molar refractivity (Wildman–Crippen MR) is 91.6 cm³/mol. The van der Waals surface area contributed by atoms with Crippen LogP contribution < -0.4 is 5.32 Å². The molecule has 0 radical (unpaired) electrons. The molecule has 3 amide bonds. The van der Waals surface area contributed by atoms with Crippen molar-refractivity contribution in [3.05, 3.63) is 35.4 Å². The number of nitriles is 1. The Balaban J connectivity index is 1.52. The van der Waals surface area contributed by atoms with Crippen LogP contribution in [0, 0.1) is 11.3 Å². The number of ether oxygens (including phenoxy) is 1. The maximum Gasteiger partial charge on any atom is 0.325 e. The van der Waals surface area contributed by atoms with Gasteiger partial charge < -0.3 is 10.1 Å². The summed E-state index contributed by atoms with van der Waals surface area (Å²) < 4.78 is 5.18. The lowest BCUT2D eigenvalue weighted by Crippen LogP contribution is -2.48. The first-order chi connectivity index (χ1) is 12.6. The van der Waals surface area contributed by atoms with Gasteiger partial charge in [0.2, 0.25) is 0 Å². The third-order valence-corrected chi connectivity index (χ3v) is 5.02. The maximum atomic E-state index is 12.6. The number of imide groups is 1. The van der Waals surface area contributed by atoms with E-state index in [1.165, 1.54) is 0 Å². The molecule has 0 atom stereocenters. The summed E-state index contributed by atoms with van der Waals surface area (Å²) in [4.78, 5) is 37.9. The molecule has 0 aromatic heterocycles. The summed E-state index contributed by atoms with van der Waals surface area (Å²) in [6, 6.07) is 8.49. The summed E-state index contributed by atoms with van der Waals surface area (Å²) in [6.07, 6.45) is 4.15. The highest BCUT2D eigenvalue weighted by Gasteiger charge is 2.51. The largest absolute Gasteiger partial charge is 0.461 e. The quantitative estimate of drug-likeness (QED) is 0.645. The van der Waals surface area contributed by atoms with E-state index in [1.54, 1.807) is 24.3 Å². The molecule has 1 aromatic rings. The molecular weight excluding hydrogens is 334 g/mol. The summed E-state index contributed by atoms with van der Waals surface area (Å²) in [5.74, 6) is -0.743. The second-order valence-corrected chi connectivity index (χ2v) is 6.71. The molecule has 7 nitrogen and oxygen atoms in total. The first-order valence-corrected chi connectivity index (χ1v) is 8.83. The van der Waals surface area contributed by atoms with E-state index in [2.05, 4.69) is 5.32 Å². The minimum atomic E-state index is -0.773. The lowest BCUT2D eigenvalue weighted by molar-refractivity contribution is -0.145. The molecule has 1 aliphatic heterocycles. The fourth-order valence-corrected chi connectivity index (χ4v) is 3.56. The zero-order valence-corrected chi connectivity index (χ0v) is 14.5. The smallest absolute Gasteiger partial charge is 0.325 e. The summed E-state index contributed by atoms with van der Waals surface area (Å²) in [5.41, 5.74) is 0.304. The Morgan fingerprint density at radius 3 is 2.69 bits per heavy atom. The SMILES string of the molecule is N#Cc1ccccc1COC(=O)CCN1C(=O)NC2(CCCCC2)C1=O. The molecule has 1 aliphatic carbocycles. The summed E-state index contributed by atoms with van der Waals surface area (Å²) >= 11 is 0. The summed E-state index contributed by atoms with van der Waals surface area (Å²) in [6.45, 7) is -0.00219. The number of benzene rings is 1.